The number of ether oxygens (including phenoxy) is 2. The van der Waals surface area contributed by atoms with Crippen molar-refractivity contribution in [2.45, 2.75) is 6.04 Å². The predicted octanol–water partition coefficient (Wildman–Crippen LogP) is 4.06. The number of Topliss-reactive ketones (excluding diaryl/α,β-unsaturated/α-hetero) is 1. The SMILES string of the molecule is COc1ccc(/C(O)=C2/C(=O)C(=O)N(C)C2c2ccc(Cl)cc2Cl)cc1OC. The van der Waals surface area contributed by atoms with Crippen molar-refractivity contribution in [3.63, 3.8) is 0 Å². The summed E-state index contributed by atoms with van der Waals surface area (Å²) in [4.78, 5) is 26.2. The van der Waals surface area contributed by atoms with Crippen molar-refractivity contribution in [3.8, 4) is 11.5 Å². The number of aliphatic hydroxyl groups is 1. The summed E-state index contributed by atoms with van der Waals surface area (Å²) in [5.41, 5.74) is 0.720. The van der Waals surface area contributed by atoms with E-state index in [1.165, 1.54) is 38.3 Å². The zero-order chi connectivity index (χ0) is 20.6. The van der Waals surface area contributed by atoms with E-state index in [1.54, 1.807) is 24.3 Å². The van der Waals surface area contributed by atoms with Gasteiger partial charge >= 0.3 is 0 Å². The van der Waals surface area contributed by atoms with Crippen LogP contribution in [0.5, 0.6) is 11.5 Å². The summed E-state index contributed by atoms with van der Waals surface area (Å²) in [6.07, 6.45) is 0. The molecule has 2 aromatic rings. The van der Waals surface area contributed by atoms with E-state index < -0.39 is 17.7 Å². The number of likely N-dealkylation sites (N-methyl/N-ethyl adjacent to an activating group) is 1. The molecular weight excluding hydrogens is 405 g/mol. The lowest BCUT2D eigenvalue weighted by Gasteiger charge is -2.22. The molecule has 6 nitrogen and oxygen atoms in total. The smallest absolute Gasteiger partial charge is 0.295 e. The Morgan fingerprint density at radius 2 is 1.71 bits per heavy atom. The average molecular weight is 422 g/mol. The zero-order valence-corrected chi connectivity index (χ0v) is 16.8. The number of carbonyl (C=O) groups excluding carboxylic acids is 2. The average Bonchev–Trinajstić information content (AvgIpc) is 2.91. The number of benzene rings is 2. The Hall–Kier alpha value is -2.70. The quantitative estimate of drug-likeness (QED) is 0.457. The lowest BCUT2D eigenvalue weighted by molar-refractivity contribution is -0.139. The lowest BCUT2D eigenvalue weighted by atomic mass is 9.95. The number of ketones is 1. The number of aliphatic hydroxyl groups excluding tert-OH is 1. The fraction of sp³-hybridized carbons (Fsp3) is 0.200. The number of methoxy groups -OCH3 is 2. The molecule has 0 bridgehead atoms. The molecule has 1 amide bonds. The number of rotatable bonds is 4. The Labute approximate surface area is 171 Å². The van der Waals surface area contributed by atoms with Gasteiger partial charge in [0.05, 0.1) is 25.8 Å². The normalized spacial score (nSPS) is 18.5. The molecule has 1 aliphatic rings. The van der Waals surface area contributed by atoms with Crippen LogP contribution in [0.3, 0.4) is 0 Å². The van der Waals surface area contributed by atoms with E-state index in [0.29, 0.717) is 27.6 Å². The highest BCUT2D eigenvalue weighted by molar-refractivity contribution is 6.47. The van der Waals surface area contributed by atoms with E-state index in [2.05, 4.69) is 0 Å². The van der Waals surface area contributed by atoms with Gasteiger partial charge in [-0.05, 0) is 35.9 Å². The fourth-order valence-corrected chi connectivity index (χ4v) is 3.69. The largest absolute Gasteiger partial charge is 0.507 e. The maximum absolute atomic E-state index is 12.6. The molecule has 1 saturated heterocycles. The molecule has 0 spiro atoms. The number of hydrogen-bond donors (Lipinski definition) is 1. The Kier molecular flexibility index (Phi) is 5.54. The monoisotopic (exact) mass is 421 g/mol. The van der Waals surface area contributed by atoms with E-state index in [4.69, 9.17) is 32.7 Å². The molecule has 28 heavy (non-hydrogen) atoms. The number of halogens is 2. The molecule has 1 fully saturated rings. The van der Waals surface area contributed by atoms with E-state index in [9.17, 15) is 14.7 Å². The van der Waals surface area contributed by atoms with Gasteiger partial charge in [-0.2, -0.15) is 0 Å². The summed E-state index contributed by atoms with van der Waals surface area (Å²) in [7, 11) is 4.42. The van der Waals surface area contributed by atoms with Gasteiger partial charge in [0.25, 0.3) is 11.7 Å². The van der Waals surface area contributed by atoms with E-state index >= 15 is 0 Å². The minimum atomic E-state index is -0.849. The van der Waals surface area contributed by atoms with Crippen molar-refractivity contribution in [1.29, 1.82) is 0 Å². The Bertz CT molecular complexity index is 1000. The minimum Gasteiger partial charge on any atom is -0.507 e. The second-order valence-electron chi connectivity index (χ2n) is 6.15. The first-order chi connectivity index (χ1) is 13.3. The highest BCUT2D eigenvalue weighted by Gasteiger charge is 2.45. The van der Waals surface area contributed by atoms with Crippen LogP contribution in [-0.4, -0.2) is 43.0 Å². The second kappa shape index (κ2) is 7.73. The molecule has 1 unspecified atom stereocenters. The highest BCUT2D eigenvalue weighted by Crippen LogP contribution is 2.42. The van der Waals surface area contributed by atoms with Gasteiger partial charge in [-0.15, -0.1) is 0 Å². The van der Waals surface area contributed by atoms with Crippen LogP contribution in [0.2, 0.25) is 10.0 Å². The van der Waals surface area contributed by atoms with Crippen LogP contribution in [0.25, 0.3) is 5.76 Å². The highest BCUT2D eigenvalue weighted by atomic mass is 35.5. The molecule has 3 rings (SSSR count). The maximum Gasteiger partial charge on any atom is 0.295 e. The molecule has 8 heteroatoms. The third kappa shape index (κ3) is 3.30. The van der Waals surface area contributed by atoms with Crippen molar-refractivity contribution in [2.24, 2.45) is 0 Å². The summed E-state index contributed by atoms with van der Waals surface area (Å²) < 4.78 is 10.4. The molecular formula is C20H17Cl2NO5. The van der Waals surface area contributed by atoms with Crippen molar-refractivity contribution in [2.75, 3.05) is 21.3 Å². The van der Waals surface area contributed by atoms with Crippen LogP contribution in [0.15, 0.2) is 42.0 Å². The van der Waals surface area contributed by atoms with Crippen molar-refractivity contribution in [1.82, 2.24) is 4.90 Å². The minimum absolute atomic E-state index is 0.0658. The number of carbonyl (C=O) groups is 2. The van der Waals surface area contributed by atoms with Gasteiger partial charge in [0.2, 0.25) is 0 Å². The van der Waals surface area contributed by atoms with Gasteiger partial charge in [-0.3, -0.25) is 9.59 Å². The van der Waals surface area contributed by atoms with Gasteiger partial charge in [0.15, 0.2) is 11.5 Å². The van der Waals surface area contributed by atoms with Gasteiger partial charge in [-0.25, -0.2) is 0 Å². The lowest BCUT2D eigenvalue weighted by Crippen LogP contribution is -2.25. The Balaban J connectivity index is 2.20. The number of amides is 1. The molecule has 0 aromatic heterocycles. The van der Waals surface area contributed by atoms with Crippen LogP contribution in [0, 0.1) is 0 Å². The van der Waals surface area contributed by atoms with E-state index in [-0.39, 0.29) is 16.4 Å². The molecule has 0 aliphatic carbocycles. The number of nitrogens with zero attached hydrogens (tertiary/aromatic N) is 1. The second-order valence-corrected chi connectivity index (χ2v) is 6.99. The third-order valence-electron chi connectivity index (χ3n) is 4.59. The van der Waals surface area contributed by atoms with Gasteiger partial charge in [0, 0.05) is 22.7 Å². The zero-order valence-electron chi connectivity index (χ0n) is 15.3. The first-order valence-corrected chi connectivity index (χ1v) is 8.97. The molecule has 146 valence electrons. The van der Waals surface area contributed by atoms with Crippen molar-refractivity contribution in [3.05, 3.63) is 63.1 Å². The van der Waals surface area contributed by atoms with Crippen molar-refractivity contribution >= 4 is 40.7 Å². The first kappa shape index (κ1) is 20.0. The number of likely N-dealkylation sites (tertiary alicyclic amines) is 1. The van der Waals surface area contributed by atoms with Gasteiger partial charge < -0.3 is 19.5 Å². The summed E-state index contributed by atoms with van der Waals surface area (Å²) in [6.45, 7) is 0. The van der Waals surface area contributed by atoms with E-state index in [1.807, 2.05) is 0 Å². The first-order valence-electron chi connectivity index (χ1n) is 8.22. The maximum atomic E-state index is 12.6. The molecule has 1 N–H and O–H groups in total. The van der Waals surface area contributed by atoms with E-state index in [0.717, 1.165) is 0 Å². The van der Waals surface area contributed by atoms with Crippen LogP contribution in [0.4, 0.5) is 0 Å². The predicted molar refractivity (Wildman–Crippen MR) is 106 cm³/mol. The Morgan fingerprint density at radius 3 is 2.32 bits per heavy atom. The molecule has 1 heterocycles. The van der Waals surface area contributed by atoms with Gasteiger partial charge in [-0.1, -0.05) is 29.3 Å². The molecule has 0 saturated carbocycles. The summed E-state index contributed by atoms with van der Waals surface area (Å²) in [5.74, 6) is -1.03. The molecule has 1 aliphatic heterocycles. The summed E-state index contributed by atoms with van der Waals surface area (Å²) in [6, 6.07) is 8.59. The topological polar surface area (TPSA) is 76.1 Å². The third-order valence-corrected chi connectivity index (χ3v) is 5.15. The van der Waals surface area contributed by atoms with Gasteiger partial charge in [0.1, 0.15) is 5.76 Å². The van der Waals surface area contributed by atoms with Crippen LogP contribution < -0.4 is 9.47 Å². The number of hydrogen-bond acceptors (Lipinski definition) is 5. The fourth-order valence-electron chi connectivity index (χ4n) is 3.17. The molecule has 0 radical (unpaired) electrons. The summed E-state index contributed by atoms with van der Waals surface area (Å²) in [5, 5.41) is 11.6. The molecule has 1 atom stereocenters. The van der Waals surface area contributed by atoms with Crippen LogP contribution in [-0.2, 0) is 9.59 Å². The Morgan fingerprint density at radius 1 is 1.04 bits per heavy atom. The van der Waals surface area contributed by atoms with Crippen LogP contribution in [0.1, 0.15) is 17.2 Å². The van der Waals surface area contributed by atoms with Crippen LogP contribution >= 0.6 is 23.2 Å². The molecule has 2 aromatic carbocycles. The van der Waals surface area contributed by atoms with Crippen molar-refractivity contribution < 1.29 is 24.2 Å². The summed E-state index contributed by atoms with van der Waals surface area (Å²) >= 11 is 12.3. The standard InChI is InChI=1S/C20H17Cl2NO5/c1-23-17(12-6-5-11(21)9-13(12)22)16(19(25)20(23)26)18(24)10-4-7-14(27-2)15(8-10)28-3/h4-9,17,24H,1-3H3/b18-16-.